The molecule has 0 aliphatic heterocycles. The zero-order chi connectivity index (χ0) is 10.7. The summed E-state index contributed by atoms with van der Waals surface area (Å²) in [5.74, 6) is -0.657. The summed E-state index contributed by atoms with van der Waals surface area (Å²) in [5, 5.41) is 18.0. The zero-order valence-electron chi connectivity index (χ0n) is 7.24. The van der Waals surface area contributed by atoms with Gasteiger partial charge in [-0.05, 0) is 34.7 Å². The number of hydrogen-bond acceptors (Lipinski definition) is 4. The number of rotatable bonds is 1. The molecular weight excluding hydrogens is 297 g/mol. The Bertz CT molecular complexity index is 423. The van der Waals surface area contributed by atoms with Crippen LogP contribution in [-0.2, 0) is 4.74 Å². The molecule has 0 fully saturated rings. The third kappa shape index (κ3) is 1.80. The molecule has 0 aliphatic carbocycles. The van der Waals surface area contributed by atoms with Crippen molar-refractivity contribution in [1.29, 1.82) is 5.26 Å². The van der Waals surface area contributed by atoms with Crippen molar-refractivity contribution in [3.63, 3.8) is 0 Å². The summed E-state index contributed by atoms with van der Waals surface area (Å²) in [6.45, 7) is 0. The fourth-order valence-electron chi connectivity index (χ4n) is 0.940. The van der Waals surface area contributed by atoms with E-state index in [4.69, 9.17) is 5.26 Å². The van der Waals surface area contributed by atoms with Gasteiger partial charge in [0.15, 0.2) is 0 Å². The van der Waals surface area contributed by atoms with Crippen LogP contribution in [0, 0.1) is 14.9 Å². The van der Waals surface area contributed by atoms with E-state index in [1.165, 1.54) is 19.2 Å². The van der Waals surface area contributed by atoms with E-state index in [0.29, 0.717) is 3.57 Å². The van der Waals surface area contributed by atoms with Crippen LogP contribution < -0.4 is 0 Å². The molecule has 0 saturated heterocycles. The Hall–Kier alpha value is -1.29. The SMILES string of the molecule is COC(=O)c1ccc(O)c(C#N)c1I. The molecule has 0 unspecified atom stereocenters. The fraction of sp³-hybridized carbons (Fsp3) is 0.111. The van der Waals surface area contributed by atoms with E-state index in [-0.39, 0.29) is 16.9 Å². The molecule has 1 N–H and O–H groups in total. The van der Waals surface area contributed by atoms with Crippen LogP contribution >= 0.6 is 22.6 Å². The maximum Gasteiger partial charge on any atom is 0.338 e. The first kappa shape index (κ1) is 10.8. The number of phenolic OH excluding ortho intramolecular Hbond substituents is 1. The predicted octanol–water partition coefficient (Wildman–Crippen LogP) is 1.66. The number of aromatic hydroxyl groups is 1. The third-order valence-electron chi connectivity index (χ3n) is 1.64. The third-order valence-corrected chi connectivity index (χ3v) is 2.76. The van der Waals surface area contributed by atoms with Crippen LogP contribution in [-0.4, -0.2) is 18.2 Å². The van der Waals surface area contributed by atoms with Crippen molar-refractivity contribution in [2.75, 3.05) is 7.11 Å². The monoisotopic (exact) mass is 303 g/mol. The van der Waals surface area contributed by atoms with E-state index in [9.17, 15) is 9.90 Å². The molecule has 14 heavy (non-hydrogen) atoms. The summed E-state index contributed by atoms with van der Waals surface area (Å²) < 4.78 is 4.92. The number of methoxy groups -OCH3 is 1. The van der Waals surface area contributed by atoms with Crippen LogP contribution in [0.25, 0.3) is 0 Å². The topological polar surface area (TPSA) is 70.3 Å². The maximum absolute atomic E-state index is 11.2. The van der Waals surface area contributed by atoms with Crippen molar-refractivity contribution in [2.24, 2.45) is 0 Å². The molecule has 1 aromatic carbocycles. The Kier molecular flexibility index (Phi) is 3.30. The van der Waals surface area contributed by atoms with Crippen LogP contribution in [0.5, 0.6) is 5.75 Å². The molecule has 72 valence electrons. The van der Waals surface area contributed by atoms with Gasteiger partial charge in [0.05, 0.1) is 12.7 Å². The largest absolute Gasteiger partial charge is 0.507 e. The fourth-order valence-corrected chi connectivity index (χ4v) is 1.74. The van der Waals surface area contributed by atoms with Crippen LogP contribution in [0.4, 0.5) is 0 Å². The molecule has 0 radical (unpaired) electrons. The number of carbonyl (C=O) groups excluding carboxylic acids is 1. The van der Waals surface area contributed by atoms with Crippen LogP contribution in [0.15, 0.2) is 12.1 Å². The van der Waals surface area contributed by atoms with Crippen molar-refractivity contribution in [1.82, 2.24) is 0 Å². The standard InChI is InChI=1S/C9H6INO3/c1-14-9(13)5-2-3-7(12)6(4-11)8(5)10/h2-3,12H,1H3. The first-order valence-electron chi connectivity index (χ1n) is 3.61. The van der Waals surface area contributed by atoms with Crippen molar-refractivity contribution in [3.05, 3.63) is 26.8 Å². The highest BCUT2D eigenvalue weighted by atomic mass is 127. The van der Waals surface area contributed by atoms with E-state index >= 15 is 0 Å². The normalized spacial score (nSPS) is 9.21. The summed E-state index contributed by atoms with van der Waals surface area (Å²) in [6.07, 6.45) is 0. The number of hydrogen-bond donors (Lipinski definition) is 1. The number of halogens is 1. The van der Waals surface area contributed by atoms with Gasteiger partial charge in [-0.2, -0.15) is 5.26 Å². The molecule has 1 aromatic rings. The van der Waals surface area contributed by atoms with Gasteiger partial charge in [0, 0.05) is 3.57 Å². The summed E-state index contributed by atoms with van der Waals surface area (Å²) in [7, 11) is 1.26. The highest BCUT2D eigenvalue weighted by Gasteiger charge is 2.15. The smallest absolute Gasteiger partial charge is 0.338 e. The lowest BCUT2D eigenvalue weighted by atomic mass is 10.1. The Balaban J connectivity index is 3.37. The van der Waals surface area contributed by atoms with Crippen molar-refractivity contribution in [3.8, 4) is 11.8 Å². The van der Waals surface area contributed by atoms with Gasteiger partial charge >= 0.3 is 5.97 Å². The van der Waals surface area contributed by atoms with Crippen LogP contribution in [0.2, 0.25) is 0 Å². The quantitative estimate of drug-likeness (QED) is 0.632. The van der Waals surface area contributed by atoms with Crippen molar-refractivity contribution < 1.29 is 14.6 Å². The Labute approximate surface area is 94.2 Å². The molecule has 0 aliphatic rings. The molecule has 0 atom stereocenters. The number of ether oxygens (including phenoxy) is 1. The second-order valence-electron chi connectivity index (χ2n) is 2.42. The Morgan fingerprint density at radius 2 is 2.29 bits per heavy atom. The van der Waals surface area contributed by atoms with Crippen LogP contribution in [0.3, 0.4) is 0 Å². The number of carbonyl (C=O) groups is 1. The van der Waals surface area contributed by atoms with Gasteiger partial charge in [0.2, 0.25) is 0 Å². The number of nitrogens with zero attached hydrogens (tertiary/aromatic N) is 1. The minimum Gasteiger partial charge on any atom is -0.507 e. The molecule has 5 heteroatoms. The van der Waals surface area contributed by atoms with E-state index in [0.717, 1.165) is 0 Å². The maximum atomic E-state index is 11.2. The lowest BCUT2D eigenvalue weighted by molar-refractivity contribution is 0.0599. The number of phenols is 1. The average Bonchev–Trinajstić information content (AvgIpc) is 2.18. The molecular formula is C9H6INO3. The molecule has 0 amide bonds. The van der Waals surface area contributed by atoms with Gasteiger partial charge in [-0.15, -0.1) is 0 Å². The average molecular weight is 303 g/mol. The second-order valence-corrected chi connectivity index (χ2v) is 3.50. The van der Waals surface area contributed by atoms with E-state index < -0.39 is 5.97 Å². The second kappa shape index (κ2) is 4.28. The first-order chi connectivity index (χ1) is 6.61. The van der Waals surface area contributed by atoms with Gasteiger partial charge in [-0.1, -0.05) is 0 Å². The summed E-state index contributed by atoms with van der Waals surface area (Å²) in [4.78, 5) is 11.2. The zero-order valence-corrected chi connectivity index (χ0v) is 9.40. The highest BCUT2D eigenvalue weighted by molar-refractivity contribution is 14.1. The van der Waals surface area contributed by atoms with Gasteiger partial charge in [-0.25, -0.2) is 4.79 Å². The lowest BCUT2D eigenvalue weighted by Crippen LogP contribution is -2.05. The summed E-state index contributed by atoms with van der Waals surface area (Å²) >= 11 is 1.82. The summed E-state index contributed by atoms with van der Waals surface area (Å²) in [5.41, 5.74) is 0.371. The number of esters is 1. The highest BCUT2D eigenvalue weighted by Crippen LogP contribution is 2.25. The molecule has 0 saturated carbocycles. The molecule has 0 spiro atoms. The molecule has 0 heterocycles. The first-order valence-corrected chi connectivity index (χ1v) is 4.69. The van der Waals surface area contributed by atoms with Gasteiger partial charge in [0.1, 0.15) is 17.4 Å². The molecule has 4 nitrogen and oxygen atoms in total. The minimum atomic E-state index is -0.522. The molecule has 0 bridgehead atoms. The minimum absolute atomic E-state index is 0.0912. The van der Waals surface area contributed by atoms with Crippen molar-refractivity contribution >= 4 is 28.6 Å². The number of benzene rings is 1. The predicted molar refractivity (Wildman–Crippen MR) is 56.9 cm³/mol. The Morgan fingerprint density at radius 1 is 1.64 bits per heavy atom. The van der Waals surface area contributed by atoms with Crippen molar-refractivity contribution in [2.45, 2.75) is 0 Å². The lowest BCUT2D eigenvalue weighted by Gasteiger charge is -2.04. The van der Waals surface area contributed by atoms with Gasteiger partial charge in [0.25, 0.3) is 0 Å². The Morgan fingerprint density at radius 3 is 2.79 bits per heavy atom. The van der Waals surface area contributed by atoms with Crippen LogP contribution in [0.1, 0.15) is 15.9 Å². The van der Waals surface area contributed by atoms with Gasteiger partial charge < -0.3 is 9.84 Å². The van der Waals surface area contributed by atoms with E-state index in [1.54, 1.807) is 0 Å². The summed E-state index contributed by atoms with van der Waals surface area (Å²) in [6, 6.07) is 4.54. The van der Waals surface area contributed by atoms with Gasteiger partial charge in [-0.3, -0.25) is 0 Å². The van der Waals surface area contributed by atoms with E-state index in [1.807, 2.05) is 28.7 Å². The molecule has 0 aromatic heterocycles. The van der Waals surface area contributed by atoms with E-state index in [2.05, 4.69) is 4.74 Å². The number of nitriles is 1. The molecule has 1 rings (SSSR count).